The molecule has 4 aromatic rings. The highest BCUT2D eigenvalue weighted by atomic mass is 32.1. The van der Waals surface area contributed by atoms with Gasteiger partial charge in [-0.25, -0.2) is 4.98 Å². The van der Waals surface area contributed by atoms with E-state index in [9.17, 15) is 31.1 Å². The lowest BCUT2D eigenvalue weighted by Crippen LogP contribution is -2.21. The summed E-state index contributed by atoms with van der Waals surface area (Å²) in [4.78, 5) is 20.0. The number of alkyl halides is 6. The van der Waals surface area contributed by atoms with E-state index in [0.29, 0.717) is 16.3 Å². The Labute approximate surface area is 179 Å². The van der Waals surface area contributed by atoms with Crippen molar-refractivity contribution in [2.75, 3.05) is 5.32 Å². The van der Waals surface area contributed by atoms with E-state index in [2.05, 4.69) is 20.4 Å². The Morgan fingerprint density at radius 3 is 2.50 bits per heavy atom. The molecule has 0 bridgehead atoms. The first-order valence-corrected chi connectivity index (χ1v) is 9.66. The largest absolute Gasteiger partial charge is 0.433 e. The molecule has 1 amide bonds. The standard InChI is InChI=1S/C19H11F6N5OS/c1-30-15(17(31)28-9-5-6-26-12(7-9)18(20,21)22)13(19(23,24)25)14(29-30)10-3-2-4-11-16(10)32-8-27-11/h2-8H,1H3,(H,26,28,31). The first-order chi connectivity index (χ1) is 15.0. The summed E-state index contributed by atoms with van der Waals surface area (Å²) in [6.07, 6.45) is -8.97. The number of pyridine rings is 1. The lowest BCUT2D eigenvalue weighted by atomic mass is 10.0. The molecule has 0 aliphatic carbocycles. The molecule has 32 heavy (non-hydrogen) atoms. The highest BCUT2D eigenvalue weighted by Crippen LogP contribution is 2.42. The Hall–Kier alpha value is -3.48. The molecule has 1 N–H and O–H groups in total. The summed E-state index contributed by atoms with van der Waals surface area (Å²) >= 11 is 1.12. The minimum atomic E-state index is -4.97. The predicted molar refractivity (Wildman–Crippen MR) is 104 cm³/mol. The number of benzene rings is 1. The van der Waals surface area contributed by atoms with Crippen LogP contribution in [0.3, 0.4) is 0 Å². The zero-order chi connectivity index (χ0) is 23.3. The van der Waals surface area contributed by atoms with Crippen LogP contribution in [0.15, 0.2) is 42.0 Å². The van der Waals surface area contributed by atoms with E-state index in [1.165, 1.54) is 17.6 Å². The molecule has 0 unspecified atom stereocenters. The normalized spacial score (nSPS) is 12.3. The Bertz CT molecular complexity index is 1320. The van der Waals surface area contributed by atoms with Crippen LogP contribution in [0.25, 0.3) is 21.5 Å². The van der Waals surface area contributed by atoms with Gasteiger partial charge >= 0.3 is 12.4 Å². The summed E-state index contributed by atoms with van der Waals surface area (Å²) in [5.41, 5.74) is -2.22. The second kappa shape index (κ2) is 7.58. The smallest absolute Gasteiger partial charge is 0.321 e. The number of fused-ring (bicyclic) bond motifs is 1. The van der Waals surface area contributed by atoms with E-state index in [0.717, 1.165) is 35.3 Å². The minimum absolute atomic E-state index is 0.134. The van der Waals surface area contributed by atoms with Crippen molar-refractivity contribution in [2.45, 2.75) is 12.4 Å². The molecule has 6 nitrogen and oxygen atoms in total. The third-order valence-electron chi connectivity index (χ3n) is 4.47. The Morgan fingerprint density at radius 2 is 1.81 bits per heavy atom. The van der Waals surface area contributed by atoms with Crippen LogP contribution in [0.2, 0.25) is 0 Å². The van der Waals surface area contributed by atoms with Gasteiger partial charge in [-0.1, -0.05) is 12.1 Å². The number of aromatic nitrogens is 4. The van der Waals surface area contributed by atoms with Crippen molar-refractivity contribution in [3.63, 3.8) is 0 Å². The van der Waals surface area contributed by atoms with Crippen LogP contribution in [0.4, 0.5) is 32.0 Å². The lowest BCUT2D eigenvalue weighted by Gasteiger charge is -2.12. The first kappa shape index (κ1) is 21.7. The molecule has 3 heterocycles. The minimum Gasteiger partial charge on any atom is -0.321 e. The number of carbonyl (C=O) groups is 1. The van der Waals surface area contributed by atoms with E-state index in [1.807, 2.05) is 0 Å². The summed E-state index contributed by atoms with van der Waals surface area (Å²) in [7, 11) is 1.15. The summed E-state index contributed by atoms with van der Waals surface area (Å²) in [5, 5.41) is 5.99. The van der Waals surface area contributed by atoms with Gasteiger partial charge in [0.05, 0.1) is 15.7 Å². The zero-order valence-electron chi connectivity index (χ0n) is 15.9. The van der Waals surface area contributed by atoms with Crippen molar-refractivity contribution in [2.24, 2.45) is 7.05 Å². The first-order valence-electron chi connectivity index (χ1n) is 8.78. The summed E-state index contributed by atoms with van der Waals surface area (Å²) in [6, 6.07) is 6.14. The van der Waals surface area contributed by atoms with Crippen molar-refractivity contribution >= 4 is 33.1 Å². The molecule has 4 rings (SSSR count). The van der Waals surface area contributed by atoms with Crippen molar-refractivity contribution in [3.05, 3.63) is 59.0 Å². The SMILES string of the molecule is Cn1nc(-c2cccc3ncsc23)c(C(F)(F)F)c1C(=O)Nc1ccnc(C(F)(F)F)c1. The van der Waals surface area contributed by atoms with Crippen LogP contribution >= 0.6 is 11.3 Å². The third-order valence-corrected chi connectivity index (χ3v) is 5.34. The van der Waals surface area contributed by atoms with Crippen LogP contribution in [-0.4, -0.2) is 25.7 Å². The third kappa shape index (κ3) is 3.90. The number of carbonyl (C=O) groups excluding carboxylic acids is 1. The highest BCUT2D eigenvalue weighted by molar-refractivity contribution is 7.17. The molecule has 0 saturated heterocycles. The molecule has 0 radical (unpaired) electrons. The molecule has 0 aliphatic rings. The monoisotopic (exact) mass is 471 g/mol. The second-order valence-electron chi connectivity index (χ2n) is 6.58. The fourth-order valence-electron chi connectivity index (χ4n) is 3.17. The van der Waals surface area contributed by atoms with Gasteiger partial charge in [-0.2, -0.15) is 31.4 Å². The average Bonchev–Trinajstić information content (AvgIpc) is 3.31. The zero-order valence-corrected chi connectivity index (χ0v) is 16.7. The maximum absolute atomic E-state index is 14.0. The number of nitrogens with zero attached hydrogens (tertiary/aromatic N) is 4. The number of rotatable bonds is 3. The lowest BCUT2D eigenvalue weighted by molar-refractivity contribution is -0.141. The van der Waals surface area contributed by atoms with Gasteiger partial charge in [0, 0.05) is 24.5 Å². The molecule has 0 saturated carbocycles. The molecule has 0 atom stereocenters. The number of hydrogen-bond acceptors (Lipinski definition) is 5. The summed E-state index contributed by atoms with van der Waals surface area (Å²) < 4.78 is 81.9. The highest BCUT2D eigenvalue weighted by Gasteiger charge is 2.42. The second-order valence-corrected chi connectivity index (χ2v) is 7.44. The number of halogens is 6. The van der Waals surface area contributed by atoms with Crippen LogP contribution in [0, 0.1) is 0 Å². The van der Waals surface area contributed by atoms with E-state index < -0.39 is 40.9 Å². The molecular weight excluding hydrogens is 460 g/mol. The van der Waals surface area contributed by atoms with Gasteiger partial charge in [-0.3, -0.25) is 14.5 Å². The Balaban J connectivity index is 1.82. The molecule has 0 fully saturated rings. The number of nitrogens with one attached hydrogen (secondary N) is 1. The molecule has 13 heteroatoms. The number of anilines is 1. The molecule has 3 aromatic heterocycles. The molecule has 0 aliphatic heterocycles. The quantitative estimate of drug-likeness (QED) is 0.407. The van der Waals surface area contributed by atoms with Crippen molar-refractivity contribution < 1.29 is 31.1 Å². The van der Waals surface area contributed by atoms with Crippen LogP contribution in [0.5, 0.6) is 0 Å². The maximum Gasteiger partial charge on any atom is 0.433 e. The number of aryl methyl sites for hydroxylation is 1. The van der Waals surface area contributed by atoms with Gasteiger partial charge in [0.2, 0.25) is 0 Å². The van der Waals surface area contributed by atoms with E-state index >= 15 is 0 Å². The Morgan fingerprint density at radius 1 is 1.06 bits per heavy atom. The fraction of sp³-hybridized carbons (Fsp3) is 0.158. The predicted octanol–water partition coefficient (Wildman–Crippen LogP) is 5.38. The van der Waals surface area contributed by atoms with Gasteiger partial charge in [-0.15, -0.1) is 11.3 Å². The van der Waals surface area contributed by atoms with Crippen LogP contribution < -0.4 is 5.32 Å². The van der Waals surface area contributed by atoms with Crippen molar-refractivity contribution in [3.8, 4) is 11.3 Å². The summed E-state index contributed by atoms with van der Waals surface area (Å²) in [5.74, 6) is -1.27. The van der Waals surface area contributed by atoms with Gasteiger partial charge < -0.3 is 5.32 Å². The van der Waals surface area contributed by atoms with Gasteiger partial charge in [0.1, 0.15) is 22.6 Å². The fourth-order valence-corrected chi connectivity index (χ4v) is 3.97. The number of amides is 1. The molecular formula is C19H11F6N5OS. The van der Waals surface area contributed by atoms with E-state index in [1.54, 1.807) is 6.07 Å². The van der Waals surface area contributed by atoms with Crippen LogP contribution in [-0.2, 0) is 19.4 Å². The van der Waals surface area contributed by atoms with E-state index in [4.69, 9.17) is 0 Å². The van der Waals surface area contributed by atoms with Gasteiger partial charge in [-0.05, 0) is 18.2 Å². The number of thiazole rings is 1. The topological polar surface area (TPSA) is 72.7 Å². The van der Waals surface area contributed by atoms with Gasteiger partial charge in [0.15, 0.2) is 0 Å². The molecule has 1 aromatic carbocycles. The Kier molecular flexibility index (Phi) is 5.15. The van der Waals surface area contributed by atoms with Crippen molar-refractivity contribution in [1.29, 1.82) is 0 Å². The van der Waals surface area contributed by atoms with E-state index in [-0.39, 0.29) is 11.3 Å². The van der Waals surface area contributed by atoms with Gasteiger partial charge in [0.25, 0.3) is 5.91 Å². The average molecular weight is 471 g/mol. The van der Waals surface area contributed by atoms with Crippen LogP contribution in [0.1, 0.15) is 21.7 Å². The molecule has 166 valence electrons. The number of hydrogen-bond donors (Lipinski definition) is 1. The molecule has 0 spiro atoms. The summed E-state index contributed by atoms with van der Waals surface area (Å²) in [6.45, 7) is 0. The maximum atomic E-state index is 14.0. The van der Waals surface area contributed by atoms with Crippen molar-refractivity contribution in [1.82, 2.24) is 19.7 Å².